The number of piperidine rings is 1. The summed E-state index contributed by atoms with van der Waals surface area (Å²) >= 11 is 0. The maximum Gasteiger partial charge on any atom is 0.407 e. The third-order valence-corrected chi connectivity index (χ3v) is 5.39. The number of sulfonamides is 1. The van der Waals surface area contributed by atoms with Crippen LogP contribution in [0.15, 0.2) is 0 Å². The van der Waals surface area contributed by atoms with Crippen LogP contribution in [0.3, 0.4) is 0 Å². The summed E-state index contributed by atoms with van der Waals surface area (Å²) in [6.45, 7) is 8.10. The molecule has 1 amide bonds. The lowest BCUT2D eigenvalue weighted by Gasteiger charge is -2.34. The zero-order chi connectivity index (χ0) is 16.1. The van der Waals surface area contributed by atoms with Crippen LogP contribution in [0, 0.1) is 0 Å². The van der Waals surface area contributed by atoms with E-state index in [9.17, 15) is 13.2 Å². The van der Waals surface area contributed by atoms with Gasteiger partial charge >= 0.3 is 6.09 Å². The molecule has 0 radical (unpaired) electrons. The van der Waals surface area contributed by atoms with Gasteiger partial charge in [0, 0.05) is 19.1 Å². The zero-order valence-electron chi connectivity index (χ0n) is 13.5. The second-order valence-corrected chi connectivity index (χ2v) is 8.50. The van der Waals surface area contributed by atoms with Crippen LogP contribution in [0.1, 0.15) is 53.4 Å². The van der Waals surface area contributed by atoms with Gasteiger partial charge in [-0.1, -0.05) is 13.3 Å². The van der Waals surface area contributed by atoms with Crippen molar-refractivity contribution in [2.45, 2.75) is 65.0 Å². The molecule has 7 heteroatoms. The van der Waals surface area contributed by atoms with Crippen molar-refractivity contribution in [3.63, 3.8) is 0 Å². The Balaban J connectivity index is 2.60. The summed E-state index contributed by atoms with van der Waals surface area (Å²) in [5.41, 5.74) is -0.551. The van der Waals surface area contributed by atoms with E-state index in [1.165, 1.54) is 0 Å². The average molecular weight is 320 g/mol. The fourth-order valence-corrected chi connectivity index (χ4v) is 4.23. The molecule has 6 nitrogen and oxygen atoms in total. The number of nitrogens with one attached hydrogen (secondary N) is 1. The molecule has 124 valence electrons. The van der Waals surface area contributed by atoms with Crippen LogP contribution >= 0.6 is 0 Å². The van der Waals surface area contributed by atoms with E-state index in [4.69, 9.17) is 4.74 Å². The Labute approximate surface area is 128 Å². The molecule has 1 saturated heterocycles. The number of ether oxygens (including phenoxy) is 1. The summed E-state index contributed by atoms with van der Waals surface area (Å²) in [5.74, 6) is 0.163. The number of alkyl carbamates (subject to hydrolysis) is 1. The van der Waals surface area contributed by atoms with Gasteiger partial charge in [0.15, 0.2) is 0 Å². The second-order valence-electron chi connectivity index (χ2n) is 6.46. The van der Waals surface area contributed by atoms with Gasteiger partial charge in [-0.05, 0) is 40.0 Å². The van der Waals surface area contributed by atoms with Crippen molar-refractivity contribution in [1.82, 2.24) is 9.62 Å². The minimum atomic E-state index is -3.22. The molecule has 0 saturated carbocycles. The van der Waals surface area contributed by atoms with Gasteiger partial charge in [0.2, 0.25) is 10.0 Å². The Bertz CT molecular complexity index is 442. The lowest BCUT2D eigenvalue weighted by atomic mass is 10.1. The predicted molar refractivity (Wildman–Crippen MR) is 82.7 cm³/mol. The highest BCUT2D eigenvalue weighted by atomic mass is 32.2. The molecule has 0 bridgehead atoms. The highest BCUT2D eigenvalue weighted by Gasteiger charge is 2.32. The first-order valence-electron chi connectivity index (χ1n) is 7.62. The van der Waals surface area contributed by atoms with E-state index in [-0.39, 0.29) is 11.8 Å². The first-order chi connectivity index (χ1) is 9.65. The maximum absolute atomic E-state index is 12.3. The van der Waals surface area contributed by atoms with Gasteiger partial charge < -0.3 is 10.1 Å². The number of nitrogens with zero attached hydrogens (tertiary/aromatic N) is 1. The van der Waals surface area contributed by atoms with Crippen molar-refractivity contribution in [1.29, 1.82) is 0 Å². The van der Waals surface area contributed by atoms with Crippen LogP contribution in [0.2, 0.25) is 0 Å². The first kappa shape index (κ1) is 18.2. The molecule has 0 unspecified atom stereocenters. The largest absolute Gasteiger partial charge is 0.444 e. The lowest BCUT2D eigenvalue weighted by Crippen LogP contribution is -2.50. The van der Waals surface area contributed by atoms with Crippen LogP contribution in [-0.2, 0) is 14.8 Å². The summed E-state index contributed by atoms with van der Waals surface area (Å²) < 4.78 is 31.2. The topological polar surface area (TPSA) is 75.7 Å². The van der Waals surface area contributed by atoms with Crippen molar-refractivity contribution >= 4 is 16.1 Å². The summed E-state index contributed by atoms with van der Waals surface area (Å²) in [6.07, 6.45) is 2.75. The fourth-order valence-electron chi connectivity index (χ4n) is 2.43. The van der Waals surface area contributed by atoms with Crippen molar-refractivity contribution < 1.29 is 17.9 Å². The number of carbonyl (C=O) groups excluding carboxylic acids is 1. The highest BCUT2D eigenvalue weighted by Crippen LogP contribution is 2.21. The van der Waals surface area contributed by atoms with Gasteiger partial charge in [-0.3, -0.25) is 0 Å². The zero-order valence-corrected chi connectivity index (χ0v) is 14.3. The molecule has 1 fully saturated rings. The molecule has 0 spiro atoms. The molecule has 1 atom stereocenters. The molecule has 0 aliphatic carbocycles. The van der Waals surface area contributed by atoms with Gasteiger partial charge in [-0.15, -0.1) is 0 Å². The fraction of sp³-hybridized carbons (Fsp3) is 0.929. The van der Waals surface area contributed by atoms with Gasteiger partial charge in [0.05, 0.1) is 5.75 Å². The number of amides is 1. The van der Waals surface area contributed by atoms with Crippen LogP contribution in [0.5, 0.6) is 0 Å². The van der Waals surface area contributed by atoms with Crippen LogP contribution in [-0.4, -0.2) is 49.3 Å². The van der Waals surface area contributed by atoms with Gasteiger partial charge in [0.1, 0.15) is 5.60 Å². The SMILES string of the molecule is CCCS(=O)(=O)N1CCCC[C@H]1CNC(=O)OC(C)(C)C. The van der Waals surface area contributed by atoms with Gasteiger partial charge in [0.25, 0.3) is 0 Å². The van der Waals surface area contributed by atoms with Crippen LogP contribution in [0.4, 0.5) is 4.79 Å². The summed E-state index contributed by atoms with van der Waals surface area (Å²) in [4.78, 5) is 11.7. The monoisotopic (exact) mass is 320 g/mol. The molecular weight excluding hydrogens is 292 g/mol. The Morgan fingerprint density at radius 3 is 2.57 bits per heavy atom. The van der Waals surface area contributed by atoms with E-state index in [0.717, 1.165) is 19.3 Å². The third kappa shape index (κ3) is 6.22. The normalized spacial score (nSPS) is 21.0. The van der Waals surface area contributed by atoms with Crippen molar-refractivity contribution in [3.8, 4) is 0 Å². The Kier molecular flexibility index (Phi) is 6.46. The van der Waals surface area contributed by atoms with Crippen molar-refractivity contribution in [3.05, 3.63) is 0 Å². The van der Waals surface area contributed by atoms with E-state index in [1.807, 2.05) is 6.92 Å². The molecule has 21 heavy (non-hydrogen) atoms. The second kappa shape index (κ2) is 7.45. The maximum atomic E-state index is 12.3. The standard InChI is InChI=1S/C14H28N2O4S/c1-5-10-21(18,19)16-9-7-6-8-12(16)11-15-13(17)20-14(2,3)4/h12H,5-11H2,1-4H3,(H,15,17)/t12-/m0/s1. The van der Waals surface area contributed by atoms with E-state index in [0.29, 0.717) is 19.5 Å². The molecule has 1 aliphatic heterocycles. The van der Waals surface area contributed by atoms with Crippen LogP contribution < -0.4 is 5.32 Å². The molecule has 1 rings (SSSR count). The lowest BCUT2D eigenvalue weighted by molar-refractivity contribution is 0.0512. The minimum Gasteiger partial charge on any atom is -0.444 e. The van der Waals surface area contributed by atoms with Crippen molar-refractivity contribution in [2.75, 3.05) is 18.8 Å². The molecular formula is C14H28N2O4S. The summed E-state index contributed by atoms with van der Waals surface area (Å²) in [6, 6.07) is -0.164. The Morgan fingerprint density at radius 2 is 2.00 bits per heavy atom. The summed E-state index contributed by atoms with van der Waals surface area (Å²) in [7, 11) is -3.22. The number of hydrogen-bond donors (Lipinski definition) is 1. The number of rotatable bonds is 5. The molecule has 0 aromatic carbocycles. The molecule has 1 N–H and O–H groups in total. The average Bonchev–Trinajstić information content (AvgIpc) is 2.34. The number of carbonyl (C=O) groups is 1. The van der Waals surface area contributed by atoms with E-state index in [2.05, 4.69) is 5.32 Å². The molecule has 0 aromatic heterocycles. The van der Waals surface area contributed by atoms with Gasteiger partial charge in [-0.2, -0.15) is 4.31 Å². The molecule has 1 heterocycles. The quantitative estimate of drug-likeness (QED) is 0.842. The third-order valence-electron chi connectivity index (χ3n) is 3.27. The smallest absolute Gasteiger partial charge is 0.407 e. The first-order valence-corrected chi connectivity index (χ1v) is 9.23. The Hall–Kier alpha value is -0.820. The molecule has 1 aliphatic rings. The van der Waals surface area contributed by atoms with E-state index < -0.39 is 21.7 Å². The van der Waals surface area contributed by atoms with Crippen molar-refractivity contribution in [2.24, 2.45) is 0 Å². The summed E-state index contributed by atoms with van der Waals surface area (Å²) in [5, 5.41) is 2.69. The molecule has 0 aromatic rings. The predicted octanol–water partition coefficient (Wildman–Crippen LogP) is 2.11. The number of hydrogen-bond acceptors (Lipinski definition) is 4. The van der Waals surface area contributed by atoms with E-state index >= 15 is 0 Å². The minimum absolute atomic E-state index is 0.163. The van der Waals surface area contributed by atoms with E-state index in [1.54, 1.807) is 25.1 Å². The highest BCUT2D eigenvalue weighted by molar-refractivity contribution is 7.89. The van der Waals surface area contributed by atoms with Crippen LogP contribution in [0.25, 0.3) is 0 Å². The Morgan fingerprint density at radius 1 is 1.33 bits per heavy atom. The van der Waals surface area contributed by atoms with Gasteiger partial charge in [-0.25, -0.2) is 13.2 Å².